The van der Waals surface area contributed by atoms with Gasteiger partial charge in [-0.1, -0.05) is 43.7 Å². The molecule has 5 heteroatoms. The van der Waals surface area contributed by atoms with Crippen molar-refractivity contribution in [1.29, 1.82) is 0 Å². The zero-order chi connectivity index (χ0) is 21.2. The molecule has 2 aromatic carbocycles. The minimum absolute atomic E-state index is 0.0354. The van der Waals surface area contributed by atoms with Gasteiger partial charge in [0.05, 0.1) is 17.5 Å². The molecule has 0 aliphatic carbocycles. The van der Waals surface area contributed by atoms with Gasteiger partial charge >= 0.3 is 0 Å². The molecule has 0 bridgehead atoms. The predicted molar refractivity (Wildman–Crippen MR) is 116 cm³/mol. The van der Waals surface area contributed by atoms with Crippen LogP contribution in [0.25, 0.3) is 0 Å². The van der Waals surface area contributed by atoms with Crippen LogP contribution >= 0.6 is 0 Å². The molecule has 0 atom stereocenters. The van der Waals surface area contributed by atoms with E-state index in [4.69, 9.17) is 4.74 Å². The number of nitrogens with zero attached hydrogens (tertiary/aromatic N) is 1. The highest BCUT2D eigenvalue weighted by Crippen LogP contribution is 2.38. The number of benzene rings is 2. The highest BCUT2D eigenvalue weighted by Gasteiger charge is 2.38. The Morgan fingerprint density at radius 1 is 1.21 bits per heavy atom. The standard InChI is InChI=1S/C24H30N2O3/c1-16(2)14-26-20-13-19(9-10-21(20)29-15-24(4,5)23(26)28)25-22(27)12-18-8-6-7-17(3)11-18/h6-11,13,16H,12,14-15H2,1-5H3,(H,25,27). The molecule has 0 spiro atoms. The Hall–Kier alpha value is -2.82. The van der Waals surface area contributed by atoms with Crippen molar-refractivity contribution >= 4 is 23.2 Å². The lowest BCUT2D eigenvalue weighted by molar-refractivity contribution is -0.127. The fraction of sp³-hybridized carbons (Fsp3) is 0.417. The van der Waals surface area contributed by atoms with E-state index in [1.807, 2.05) is 63.2 Å². The normalized spacial score (nSPS) is 15.5. The molecule has 0 unspecified atom stereocenters. The Morgan fingerprint density at radius 2 is 1.97 bits per heavy atom. The van der Waals surface area contributed by atoms with E-state index in [1.54, 1.807) is 4.90 Å². The van der Waals surface area contributed by atoms with E-state index in [-0.39, 0.29) is 11.8 Å². The van der Waals surface area contributed by atoms with Gasteiger partial charge in [0, 0.05) is 12.2 Å². The van der Waals surface area contributed by atoms with Crippen LogP contribution in [0.1, 0.15) is 38.8 Å². The number of anilines is 2. The number of hydrogen-bond acceptors (Lipinski definition) is 3. The summed E-state index contributed by atoms with van der Waals surface area (Å²) in [7, 11) is 0. The molecule has 5 nitrogen and oxygen atoms in total. The van der Waals surface area contributed by atoms with Crippen molar-refractivity contribution in [3.05, 3.63) is 53.6 Å². The molecule has 0 saturated carbocycles. The van der Waals surface area contributed by atoms with Crippen LogP contribution < -0.4 is 15.0 Å². The Bertz CT molecular complexity index is 918. The number of carbonyl (C=O) groups is 2. The third kappa shape index (κ3) is 4.97. The monoisotopic (exact) mass is 394 g/mol. The minimum atomic E-state index is -0.609. The maximum absolute atomic E-state index is 13.1. The lowest BCUT2D eigenvalue weighted by Crippen LogP contribution is -2.43. The smallest absolute Gasteiger partial charge is 0.236 e. The largest absolute Gasteiger partial charge is 0.490 e. The van der Waals surface area contributed by atoms with Gasteiger partial charge < -0.3 is 15.0 Å². The molecule has 29 heavy (non-hydrogen) atoms. The highest BCUT2D eigenvalue weighted by molar-refractivity contribution is 6.00. The van der Waals surface area contributed by atoms with Gasteiger partial charge in [0.15, 0.2) is 0 Å². The first-order valence-electron chi connectivity index (χ1n) is 10.1. The van der Waals surface area contributed by atoms with Crippen molar-refractivity contribution in [3.63, 3.8) is 0 Å². The number of aryl methyl sites for hydroxylation is 1. The fourth-order valence-electron chi connectivity index (χ4n) is 3.48. The van der Waals surface area contributed by atoms with Crippen LogP contribution in [0.2, 0.25) is 0 Å². The Balaban J connectivity index is 1.85. The number of hydrogen-bond donors (Lipinski definition) is 1. The average molecular weight is 395 g/mol. The summed E-state index contributed by atoms with van der Waals surface area (Å²) in [6.07, 6.45) is 0.303. The van der Waals surface area contributed by atoms with E-state index in [1.165, 1.54) is 0 Å². The van der Waals surface area contributed by atoms with Crippen molar-refractivity contribution in [2.45, 2.75) is 41.0 Å². The summed E-state index contributed by atoms with van der Waals surface area (Å²) in [5.41, 5.74) is 2.86. The van der Waals surface area contributed by atoms with E-state index in [0.717, 1.165) is 11.1 Å². The topological polar surface area (TPSA) is 58.6 Å². The zero-order valence-electron chi connectivity index (χ0n) is 17.9. The summed E-state index contributed by atoms with van der Waals surface area (Å²) in [5, 5.41) is 2.96. The first kappa shape index (κ1) is 20.9. The van der Waals surface area contributed by atoms with Crippen LogP contribution in [0, 0.1) is 18.3 Å². The SMILES string of the molecule is Cc1cccc(CC(=O)Nc2ccc3c(c2)N(CC(C)C)C(=O)C(C)(C)CO3)c1. The van der Waals surface area contributed by atoms with Gasteiger partial charge in [0.2, 0.25) is 11.8 Å². The third-order valence-corrected chi connectivity index (χ3v) is 4.94. The quantitative estimate of drug-likeness (QED) is 0.807. The number of fused-ring (bicyclic) bond motifs is 1. The van der Waals surface area contributed by atoms with Gasteiger partial charge in [-0.2, -0.15) is 0 Å². The van der Waals surface area contributed by atoms with Crippen LogP contribution in [-0.2, 0) is 16.0 Å². The average Bonchev–Trinajstić information content (AvgIpc) is 2.72. The van der Waals surface area contributed by atoms with Gasteiger partial charge in [0.25, 0.3) is 0 Å². The first-order chi connectivity index (χ1) is 13.7. The number of amides is 2. The van der Waals surface area contributed by atoms with Crippen LogP contribution in [0.5, 0.6) is 5.75 Å². The lowest BCUT2D eigenvalue weighted by Gasteiger charge is -2.29. The van der Waals surface area contributed by atoms with E-state index in [2.05, 4.69) is 19.2 Å². The second-order valence-corrected chi connectivity index (χ2v) is 8.88. The molecular weight excluding hydrogens is 364 g/mol. The molecule has 1 aliphatic heterocycles. The summed E-state index contributed by atoms with van der Waals surface area (Å²) in [5.74, 6) is 0.918. The predicted octanol–water partition coefficient (Wildman–Crippen LogP) is 4.58. The van der Waals surface area contributed by atoms with Gasteiger partial charge in [-0.15, -0.1) is 0 Å². The van der Waals surface area contributed by atoms with Crippen LogP contribution in [0.4, 0.5) is 11.4 Å². The van der Waals surface area contributed by atoms with Crippen molar-refractivity contribution in [2.75, 3.05) is 23.4 Å². The summed E-state index contributed by atoms with van der Waals surface area (Å²) in [4.78, 5) is 27.5. The fourth-order valence-corrected chi connectivity index (χ4v) is 3.48. The van der Waals surface area contributed by atoms with Gasteiger partial charge in [0.1, 0.15) is 12.4 Å². The third-order valence-electron chi connectivity index (χ3n) is 4.94. The summed E-state index contributed by atoms with van der Waals surface area (Å²) >= 11 is 0. The number of rotatable bonds is 5. The van der Waals surface area contributed by atoms with E-state index < -0.39 is 5.41 Å². The highest BCUT2D eigenvalue weighted by atomic mass is 16.5. The number of carbonyl (C=O) groups excluding carboxylic acids is 2. The molecule has 0 radical (unpaired) electrons. The van der Waals surface area contributed by atoms with Crippen molar-refractivity contribution < 1.29 is 14.3 Å². The Labute approximate surface area is 173 Å². The molecule has 0 saturated heterocycles. The Kier molecular flexibility index (Phi) is 5.96. The molecule has 1 N–H and O–H groups in total. The molecule has 1 aliphatic rings. The molecule has 0 aromatic heterocycles. The molecular formula is C24H30N2O3. The molecule has 0 fully saturated rings. The zero-order valence-corrected chi connectivity index (χ0v) is 17.9. The lowest BCUT2D eigenvalue weighted by atomic mass is 9.92. The molecule has 2 aromatic rings. The van der Waals surface area contributed by atoms with E-state index in [9.17, 15) is 9.59 Å². The summed E-state index contributed by atoms with van der Waals surface area (Å²) < 4.78 is 5.94. The number of ether oxygens (including phenoxy) is 1. The maximum atomic E-state index is 13.1. The summed E-state index contributed by atoms with van der Waals surface area (Å²) in [6.45, 7) is 10.9. The van der Waals surface area contributed by atoms with Gasteiger partial charge in [-0.3, -0.25) is 9.59 Å². The second-order valence-electron chi connectivity index (χ2n) is 8.88. The molecule has 1 heterocycles. The summed E-state index contributed by atoms with van der Waals surface area (Å²) in [6, 6.07) is 13.4. The van der Waals surface area contributed by atoms with Gasteiger partial charge in [-0.05, 0) is 50.5 Å². The van der Waals surface area contributed by atoms with Crippen molar-refractivity contribution in [3.8, 4) is 5.75 Å². The molecule has 2 amide bonds. The van der Waals surface area contributed by atoms with Crippen molar-refractivity contribution in [1.82, 2.24) is 0 Å². The van der Waals surface area contributed by atoms with E-state index >= 15 is 0 Å². The van der Waals surface area contributed by atoms with Crippen LogP contribution in [0.15, 0.2) is 42.5 Å². The Morgan fingerprint density at radius 3 is 2.66 bits per heavy atom. The van der Waals surface area contributed by atoms with Crippen LogP contribution in [-0.4, -0.2) is 25.0 Å². The second kappa shape index (κ2) is 8.27. The van der Waals surface area contributed by atoms with Gasteiger partial charge in [-0.25, -0.2) is 0 Å². The van der Waals surface area contributed by atoms with Crippen LogP contribution in [0.3, 0.4) is 0 Å². The van der Waals surface area contributed by atoms with E-state index in [0.29, 0.717) is 42.6 Å². The first-order valence-corrected chi connectivity index (χ1v) is 10.1. The maximum Gasteiger partial charge on any atom is 0.236 e. The van der Waals surface area contributed by atoms with Crippen molar-refractivity contribution in [2.24, 2.45) is 11.3 Å². The molecule has 3 rings (SSSR count). The molecule has 154 valence electrons. The number of nitrogens with one attached hydrogen (secondary N) is 1. The minimum Gasteiger partial charge on any atom is -0.490 e.